The van der Waals surface area contributed by atoms with E-state index in [1.807, 2.05) is 20.8 Å². The second kappa shape index (κ2) is 6.69. The van der Waals surface area contributed by atoms with Crippen LogP contribution in [0.1, 0.15) is 27.2 Å². The van der Waals surface area contributed by atoms with Crippen molar-refractivity contribution in [1.29, 1.82) is 0 Å². The topological polar surface area (TPSA) is 26.3 Å². The summed E-state index contributed by atoms with van der Waals surface area (Å²) in [5, 5.41) is 0. The highest BCUT2D eigenvalue weighted by atomic mass is 32.7. The van der Waals surface area contributed by atoms with E-state index in [4.69, 9.17) is 4.52 Å². The van der Waals surface area contributed by atoms with Crippen molar-refractivity contribution in [2.24, 2.45) is 0 Å². The molecule has 2 nitrogen and oxygen atoms in total. The van der Waals surface area contributed by atoms with Crippen LogP contribution in [-0.4, -0.2) is 19.0 Å². The molecule has 0 saturated carbocycles. The Hall–Kier alpha value is 0.280. The first-order chi connectivity index (χ1) is 5.98. The Morgan fingerprint density at radius 3 is 2.62 bits per heavy atom. The molecule has 0 spiro atoms. The van der Waals surface area contributed by atoms with Crippen LogP contribution in [0.15, 0.2) is 11.6 Å². The first-order valence-corrected chi connectivity index (χ1v) is 8.14. The average molecular weight is 222 g/mol. The van der Waals surface area contributed by atoms with Crippen molar-refractivity contribution < 1.29 is 9.09 Å². The van der Waals surface area contributed by atoms with Gasteiger partial charge >= 0.3 is 0 Å². The van der Waals surface area contributed by atoms with Crippen molar-refractivity contribution in [1.82, 2.24) is 0 Å². The smallest absolute Gasteiger partial charge is 0.255 e. The molecule has 0 bridgehead atoms. The minimum atomic E-state index is -2.39. The van der Waals surface area contributed by atoms with Gasteiger partial charge in [-0.2, -0.15) is 0 Å². The minimum Gasteiger partial charge on any atom is -0.321 e. The van der Waals surface area contributed by atoms with Gasteiger partial charge in [-0.05, 0) is 20.3 Å². The van der Waals surface area contributed by atoms with Gasteiger partial charge in [0.25, 0.3) is 6.57 Å². The lowest BCUT2D eigenvalue weighted by atomic mass is 10.3. The van der Waals surface area contributed by atoms with Gasteiger partial charge in [0.2, 0.25) is 0 Å². The number of hydrogen-bond donors (Lipinski definition) is 0. The normalized spacial score (nSPS) is 15.1. The Kier molecular flexibility index (Phi) is 6.84. The highest BCUT2D eigenvalue weighted by Crippen LogP contribution is 2.56. The molecule has 0 N–H and O–H groups in total. The van der Waals surface area contributed by atoms with Crippen LogP contribution in [0.5, 0.6) is 0 Å². The fraction of sp³-hybridized carbons (Fsp3) is 0.778. The quantitative estimate of drug-likeness (QED) is 0.503. The molecule has 0 aromatic heterocycles. The van der Waals surface area contributed by atoms with Crippen molar-refractivity contribution in [3.05, 3.63) is 11.6 Å². The number of hydrogen-bond acceptors (Lipinski definition) is 3. The number of rotatable bonds is 6. The average Bonchev–Trinajstić information content (AvgIpc) is 2.00. The standard InChI is InChI=1S/C9H19O2PS/c1-5-7-11-12(4,10)13-8-6-9(2)3/h6H,5,7-8H2,1-4H3. The maximum atomic E-state index is 11.7. The maximum Gasteiger partial charge on any atom is 0.255 e. The molecule has 4 heteroatoms. The summed E-state index contributed by atoms with van der Waals surface area (Å²) < 4.78 is 16.9. The Balaban J connectivity index is 3.76. The predicted octanol–water partition coefficient (Wildman–Crippen LogP) is 3.94. The second-order valence-electron chi connectivity index (χ2n) is 3.18. The molecule has 1 unspecified atom stereocenters. The lowest BCUT2D eigenvalue weighted by molar-refractivity contribution is 0.328. The molecule has 1 atom stereocenters. The molecule has 0 aromatic rings. The predicted molar refractivity (Wildman–Crippen MR) is 61.7 cm³/mol. The molecule has 0 saturated heterocycles. The Labute approximate surface area is 85.3 Å². The van der Waals surface area contributed by atoms with Crippen LogP contribution in [-0.2, 0) is 9.09 Å². The van der Waals surface area contributed by atoms with Gasteiger partial charge in [0, 0.05) is 12.4 Å². The summed E-state index contributed by atoms with van der Waals surface area (Å²) in [6.07, 6.45) is 2.98. The molecule has 78 valence electrons. The van der Waals surface area contributed by atoms with Gasteiger partial charge in [-0.3, -0.25) is 4.57 Å². The van der Waals surface area contributed by atoms with Gasteiger partial charge in [-0.25, -0.2) is 0 Å². The Morgan fingerprint density at radius 1 is 1.54 bits per heavy atom. The molecule has 0 heterocycles. The van der Waals surface area contributed by atoms with E-state index in [1.54, 1.807) is 6.66 Å². The van der Waals surface area contributed by atoms with Crippen molar-refractivity contribution in [3.63, 3.8) is 0 Å². The van der Waals surface area contributed by atoms with Gasteiger partial charge in [0.05, 0.1) is 6.61 Å². The summed E-state index contributed by atoms with van der Waals surface area (Å²) in [5.74, 6) is 0.778. The van der Waals surface area contributed by atoms with Gasteiger partial charge in [0.1, 0.15) is 0 Å². The van der Waals surface area contributed by atoms with E-state index >= 15 is 0 Å². The molecule has 0 aliphatic heterocycles. The van der Waals surface area contributed by atoms with E-state index in [0.717, 1.165) is 12.2 Å². The Bertz CT molecular complexity index is 210. The van der Waals surface area contributed by atoms with Crippen molar-refractivity contribution in [3.8, 4) is 0 Å². The summed E-state index contributed by atoms with van der Waals surface area (Å²) >= 11 is 1.40. The summed E-state index contributed by atoms with van der Waals surface area (Å²) in [7, 11) is 0. The van der Waals surface area contributed by atoms with E-state index in [9.17, 15) is 4.57 Å². The molecular formula is C9H19O2PS. The first-order valence-electron chi connectivity index (χ1n) is 4.48. The molecule has 0 aromatic carbocycles. The SMILES string of the molecule is CCCOP(C)(=O)SCC=C(C)C. The van der Waals surface area contributed by atoms with Crippen LogP contribution in [0.2, 0.25) is 0 Å². The molecule has 0 fully saturated rings. The van der Waals surface area contributed by atoms with Crippen LogP contribution < -0.4 is 0 Å². The van der Waals surface area contributed by atoms with E-state index in [0.29, 0.717) is 6.61 Å². The zero-order valence-corrected chi connectivity index (χ0v) is 10.6. The fourth-order valence-electron chi connectivity index (χ4n) is 0.634. The van der Waals surface area contributed by atoms with E-state index in [1.165, 1.54) is 17.0 Å². The van der Waals surface area contributed by atoms with Crippen molar-refractivity contribution in [2.75, 3.05) is 19.0 Å². The largest absolute Gasteiger partial charge is 0.321 e. The van der Waals surface area contributed by atoms with Crippen LogP contribution in [0, 0.1) is 0 Å². The molecule has 0 aliphatic rings. The summed E-state index contributed by atoms with van der Waals surface area (Å²) in [5.41, 5.74) is 1.25. The summed E-state index contributed by atoms with van der Waals surface area (Å²) in [6, 6.07) is 0. The highest BCUT2D eigenvalue weighted by Gasteiger charge is 2.14. The highest BCUT2D eigenvalue weighted by molar-refractivity contribution is 8.56. The molecular weight excluding hydrogens is 203 g/mol. The van der Waals surface area contributed by atoms with Crippen molar-refractivity contribution >= 4 is 18.0 Å². The Morgan fingerprint density at radius 2 is 2.15 bits per heavy atom. The summed E-state index contributed by atoms with van der Waals surface area (Å²) in [4.78, 5) is 0. The molecule has 13 heavy (non-hydrogen) atoms. The van der Waals surface area contributed by atoms with Crippen LogP contribution in [0.25, 0.3) is 0 Å². The zero-order valence-electron chi connectivity index (χ0n) is 8.87. The van der Waals surface area contributed by atoms with E-state index < -0.39 is 6.57 Å². The second-order valence-corrected chi connectivity index (χ2v) is 8.34. The minimum absolute atomic E-state index is 0.593. The third-order valence-electron chi connectivity index (χ3n) is 1.33. The third kappa shape index (κ3) is 8.61. The number of allylic oxidation sites excluding steroid dienone is 1. The maximum absolute atomic E-state index is 11.7. The lowest BCUT2D eigenvalue weighted by Crippen LogP contribution is -1.88. The zero-order chi connectivity index (χ0) is 10.3. The third-order valence-corrected chi connectivity index (χ3v) is 4.94. The lowest BCUT2D eigenvalue weighted by Gasteiger charge is -2.10. The van der Waals surface area contributed by atoms with E-state index in [2.05, 4.69) is 6.08 Å². The van der Waals surface area contributed by atoms with Crippen LogP contribution >= 0.6 is 18.0 Å². The van der Waals surface area contributed by atoms with Gasteiger partial charge in [0.15, 0.2) is 0 Å². The van der Waals surface area contributed by atoms with Gasteiger partial charge in [-0.15, -0.1) is 0 Å². The van der Waals surface area contributed by atoms with Crippen molar-refractivity contribution in [2.45, 2.75) is 27.2 Å². The molecule has 0 radical (unpaired) electrons. The first kappa shape index (κ1) is 13.3. The molecule has 0 amide bonds. The van der Waals surface area contributed by atoms with Crippen LogP contribution in [0.4, 0.5) is 0 Å². The summed E-state index contributed by atoms with van der Waals surface area (Å²) in [6.45, 7) is 5.97. The van der Waals surface area contributed by atoms with Gasteiger partial charge in [-0.1, -0.05) is 30.0 Å². The van der Waals surface area contributed by atoms with Gasteiger partial charge < -0.3 is 4.52 Å². The molecule has 0 rings (SSSR count). The fourth-order valence-corrected chi connectivity index (χ4v) is 3.38. The molecule has 0 aliphatic carbocycles. The van der Waals surface area contributed by atoms with Crippen LogP contribution in [0.3, 0.4) is 0 Å². The van der Waals surface area contributed by atoms with E-state index in [-0.39, 0.29) is 0 Å². The monoisotopic (exact) mass is 222 g/mol.